The Morgan fingerprint density at radius 3 is 2.36 bits per heavy atom. The summed E-state index contributed by atoms with van der Waals surface area (Å²) in [6, 6.07) is 8.71. The zero-order valence-corrected chi connectivity index (χ0v) is 10.1. The first-order valence-electron chi connectivity index (χ1n) is 4.88. The molecule has 0 fully saturated rings. The molecule has 0 nitrogen and oxygen atoms in total. The van der Waals surface area contributed by atoms with Gasteiger partial charge in [-0.15, -0.1) is 0 Å². The Labute approximate surface area is 91.1 Å². The first-order chi connectivity index (χ1) is 6.09. The molecule has 0 amide bonds. The van der Waals surface area contributed by atoms with Crippen molar-refractivity contribution in [3.63, 3.8) is 0 Å². The highest BCUT2D eigenvalue weighted by molar-refractivity contribution is 5.76. The van der Waals surface area contributed by atoms with E-state index in [0.717, 1.165) is 6.42 Å². The topological polar surface area (TPSA) is 0 Å². The Kier molecular flexibility index (Phi) is 3.00. The van der Waals surface area contributed by atoms with Gasteiger partial charge >= 0.3 is 0 Å². The Bertz CT molecular complexity index is 356. The molecule has 1 aliphatic carbocycles. The maximum absolute atomic E-state index is 2.37. The average Bonchev–Trinajstić information content (AvgIpc) is 2.45. The first-order valence-corrected chi connectivity index (χ1v) is 4.88. The quantitative estimate of drug-likeness (QED) is 0.564. The highest BCUT2D eigenvalue weighted by atomic mass is 28.1. The predicted octanol–water partition coefficient (Wildman–Crippen LogP) is 3.29. The third-order valence-electron chi connectivity index (χ3n) is 2.64. The van der Waals surface area contributed by atoms with E-state index in [1.165, 1.54) is 16.7 Å². The zero-order chi connectivity index (χ0) is 9.47. The second-order valence-electron chi connectivity index (χ2n) is 4.73. The predicted molar refractivity (Wildman–Crippen MR) is 63.3 cm³/mol. The molecule has 1 heteroatoms. The molecule has 0 atom stereocenters. The summed E-state index contributed by atoms with van der Waals surface area (Å²) in [6.45, 7) is 6.84. The van der Waals surface area contributed by atoms with Crippen LogP contribution in [-0.2, 0) is 6.42 Å². The van der Waals surface area contributed by atoms with E-state index < -0.39 is 0 Å². The van der Waals surface area contributed by atoms with Crippen LogP contribution >= 0.6 is 0 Å². The molecule has 72 valence electrons. The second kappa shape index (κ2) is 3.74. The number of benzene rings is 1. The van der Waals surface area contributed by atoms with Crippen molar-refractivity contribution in [2.75, 3.05) is 0 Å². The van der Waals surface area contributed by atoms with Crippen molar-refractivity contribution < 1.29 is 0 Å². The summed E-state index contributed by atoms with van der Waals surface area (Å²) >= 11 is 0. The Balaban J connectivity index is 0.000000980. The van der Waals surface area contributed by atoms with E-state index in [1.807, 2.05) is 0 Å². The molecule has 0 spiro atoms. The van der Waals surface area contributed by atoms with Crippen molar-refractivity contribution in [1.82, 2.24) is 0 Å². The highest BCUT2D eigenvalue weighted by Crippen LogP contribution is 2.39. The fourth-order valence-corrected chi connectivity index (χ4v) is 1.99. The van der Waals surface area contributed by atoms with Gasteiger partial charge in [-0.2, -0.15) is 0 Å². The van der Waals surface area contributed by atoms with E-state index in [2.05, 4.69) is 51.1 Å². The van der Waals surface area contributed by atoms with Gasteiger partial charge in [-0.25, -0.2) is 0 Å². The van der Waals surface area contributed by atoms with Crippen molar-refractivity contribution in [3.05, 3.63) is 41.5 Å². The SMILES string of the molecule is CC(C)(C)C1=CCc2ccccc21.[Si]. The summed E-state index contributed by atoms with van der Waals surface area (Å²) in [5.74, 6) is 0. The van der Waals surface area contributed by atoms with Crippen molar-refractivity contribution in [2.24, 2.45) is 5.41 Å². The molecule has 1 aromatic rings. The third-order valence-corrected chi connectivity index (χ3v) is 2.64. The summed E-state index contributed by atoms with van der Waals surface area (Å²) in [5.41, 5.74) is 4.72. The standard InChI is InChI=1S/C13H16.Si/c1-13(2,3)12-9-8-10-6-4-5-7-11(10)12;/h4-7,9H,8H2,1-3H3;. The van der Waals surface area contributed by atoms with Crippen LogP contribution < -0.4 is 0 Å². The van der Waals surface area contributed by atoms with Crippen molar-refractivity contribution in [1.29, 1.82) is 0 Å². The molecular formula is C13H16Si. The first kappa shape index (κ1) is 11.3. The molecule has 0 saturated carbocycles. The van der Waals surface area contributed by atoms with Crippen LogP contribution in [0, 0.1) is 5.41 Å². The number of allylic oxidation sites excluding steroid dienone is 2. The van der Waals surface area contributed by atoms with Crippen LogP contribution in [0.2, 0.25) is 0 Å². The van der Waals surface area contributed by atoms with Gasteiger partial charge in [0.2, 0.25) is 0 Å². The zero-order valence-electron chi connectivity index (χ0n) is 9.09. The molecule has 14 heavy (non-hydrogen) atoms. The van der Waals surface area contributed by atoms with Crippen molar-refractivity contribution >= 4 is 16.5 Å². The van der Waals surface area contributed by atoms with Gasteiger partial charge in [-0.05, 0) is 28.5 Å². The summed E-state index contributed by atoms with van der Waals surface area (Å²) in [4.78, 5) is 0. The lowest BCUT2D eigenvalue weighted by Crippen LogP contribution is -2.06. The minimum absolute atomic E-state index is 0. The van der Waals surface area contributed by atoms with E-state index in [0.29, 0.717) is 0 Å². The Morgan fingerprint density at radius 1 is 1.07 bits per heavy atom. The largest absolute Gasteiger partial charge is 0.0758 e. The van der Waals surface area contributed by atoms with Crippen LogP contribution in [0.3, 0.4) is 0 Å². The minimum atomic E-state index is 0. The Hall–Kier alpha value is -0.823. The molecule has 0 unspecified atom stereocenters. The molecule has 2 rings (SSSR count). The van der Waals surface area contributed by atoms with Crippen LogP contribution in [0.5, 0.6) is 0 Å². The van der Waals surface area contributed by atoms with Gasteiger partial charge in [0, 0.05) is 11.0 Å². The molecule has 0 saturated heterocycles. The lowest BCUT2D eigenvalue weighted by Gasteiger charge is -2.21. The summed E-state index contributed by atoms with van der Waals surface area (Å²) in [5, 5.41) is 0. The molecule has 4 radical (unpaired) electrons. The van der Waals surface area contributed by atoms with Crippen molar-refractivity contribution in [3.8, 4) is 0 Å². The van der Waals surface area contributed by atoms with Crippen LogP contribution in [0.1, 0.15) is 31.9 Å². The second-order valence-corrected chi connectivity index (χ2v) is 4.73. The lowest BCUT2D eigenvalue weighted by atomic mass is 9.83. The summed E-state index contributed by atoms with van der Waals surface area (Å²) in [6.07, 6.45) is 3.48. The number of hydrogen-bond donors (Lipinski definition) is 0. The van der Waals surface area contributed by atoms with Crippen LogP contribution in [0.25, 0.3) is 5.57 Å². The lowest BCUT2D eigenvalue weighted by molar-refractivity contribution is 0.567. The molecule has 0 heterocycles. The van der Waals surface area contributed by atoms with Gasteiger partial charge in [-0.1, -0.05) is 51.1 Å². The molecule has 0 N–H and O–H groups in total. The highest BCUT2D eigenvalue weighted by Gasteiger charge is 2.23. The van der Waals surface area contributed by atoms with Crippen molar-refractivity contribution in [2.45, 2.75) is 27.2 Å². The molecule has 1 aromatic carbocycles. The maximum Gasteiger partial charge on any atom is 0 e. The third kappa shape index (κ3) is 1.83. The monoisotopic (exact) mass is 200 g/mol. The molecule has 1 aliphatic rings. The van der Waals surface area contributed by atoms with E-state index in [-0.39, 0.29) is 16.4 Å². The van der Waals surface area contributed by atoms with E-state index >= 15 is 0 Å². The fourth-order valence-electron chi connectivity index (χ4n) is 1.99. The number of rotatable bonds is 0. The number of hydrogen-bond acceptors (Lipinski definition) is 0. The van der Waals surface area contributed by atoms with Gasteiger partial charge in [0.1, 0.15) is 0 Å². The fraction of sp³-hybridized carbons (Fsp3) is 0.385. The molecule has 0 aliphatic heterocycles. The van der Waals surface area contributed by atoms with Crippen LogP contribution in [0.15, 0.2) is 30.3 Å². The molecule has 0 bridgehead atoms. The van der Waals surface area contributed by atoms with E-state index in [4.69, 9.17) is 0 Å². The van der Waals surface area contributed by atoms with Crippen LogP contribution in [-0.4, -0.2) is 11.0 Å². The van der Waals surface area contributed by atoms with E-state index in [1.54, 1.807) is 0 Å². The van der Waals surface area contributed by atoms with Crippen LogP contribution in [0.4, 0.5) is 0 Å². The van der Waals surface area contributed by atoms with Gasteiger partial charge in [0.25, 0.3) is 0 Å². The average molecular weight is 200 g/mol. The summed E-state index contributed by atoms with van der Waals surface area (Å²) < 4.78 is 0. The van der Waals surface area contributed by atoms with E-state index in [9.17, 15) is 0 Å². The summed E-state index contributed by atoms with van der Waals surface area (Å²) in [7, 11) is 0. The van der Waals surface area contributed by atoms with Gasteiger partial charge < -0.3 is 0 Å². The van der Waals surface area contributed by atoms with Gasteiger partial charge in [0.15, 0.2) is 0 Å². The normalized spacial score (nSPS) is 14.4. The molecule has 0 aromatic heterocycles. The molecular weight excluding hydrogens is 184 g/mol. The number of fused-ring (bicyclic) bond motifs is 1. The minimum Gasteiger partial charge on any atom is -0.0758 e. The van der Waals surface area contributed by atoms with Gasteiger partial charge in [-0.3, -0.25) is 0 Å². The van der Waals surface area contributed by atoms with Gasteiger partial charge in [0.05, 0.1) is 0 Å². The Morgan fingerprint density at radius 2 is 1.71 bits per heavy atom. The maximum atomic E-state index is 2.37. The smallest absolute Gasteiger partial charge is 0 e.